The van der Waals surface area contributed by atoms with E-state index in [1.54, 1.807) is 13.2 Å². The van der Waals surface area contributed by atoms with Gasteiger partial charge >= 0.3 is 0 Å². The van der Waals surface area contributed by atoms with Crippen LogP contribution in [-0.4, -0.2) is 49.7 Å². The maximum absolute atomic E-state index is 13.4. The molecule has 30 heavy (non-hydrogen) atoms. The number of rotatable bonds is 9. The summed E-state index contributed by atoms with van der Waals surface area (Å²) in [5.41, 5.74) is 1.68. The third kappa shape index (κ3) is 6.22. The summed E-state index contributed by atoms with van der Waals surface area (Å²) in [5, 5.41) is 6.93. The van der Waals surface area contributed by atoms with Crippen LogP contribution in [0.25, 0.3) is 0 Å². The molecule has 0 spiro atoms. The molecule has 0 radical (unpaired) electrons. The molecule has 0 aromatic heterocycles. The Morgan fingerprint density at radius 2 is 2.03 bits per heavy atom. The maximum Gasteiger partial charge on any atom is 0.237 e. The van der Waals surface area contributed by atoms with E-state index in [-0.39, 0.29) is 18.0 Å². The van der Waals surface area contributed by atoms with Gasteiger partial charge in [-0.2, -0.15) is 0 Å². The van der Waals surface area contributed by atoms with Crippen molar-refractivity contribution in [1.29, 1.82) is 0 Å². The van der Waals surface area contributed by atoms with Crippen LogP contribution in [0.15, 0.2) is 42.5 Å². The van der Waals surface area contributed by atoms with E-state index in [0.29, 0.717) is 49.8 Å². The highest BCUT2D eigenvalue weighted by Crippen LogP contribution is 2.23. The molecule has 162 valence electrons. The minimum absolute atomic E-state index is 0.0375. The Hall–Kier alpha value is -2.06. The van der Waals surface area contributed by atoms with Crippen LogP contribution in [0, 0.1) is 11.6 Å². The number of hydrogen-bond acceptors (Lipinski definition) is 4. The molecule has 2 N–H and O–H groups in total. The van der Waals surface area contributed by atoms with Crippen LogP contribution in [-0.2, 0) is 22.6 Å². The van der Waals surface area contributed by atoms with E-state index >= 15 is 0 Å². The van der Waals surface area contributed by atoms with Crippen molar-refractivity contribution in [2.45, 2.75) is 31.6 Å². The van der Waals surface area contributed by atoms with Crippen molar-refractivity contribution in [1.82, 2.24) is 15.5 Å². The summed E-state index contributed by atoms with van der Waals surface area (Å²) in [7, 11) is 1.59. The standard InChI is InChI=1S/C22H26ClF2N3O2/c1-30-8-7-26-22(29)21-11-18(27-12-15-5-6-19(24)20(25)10-15)14-28(21)13-16-3-2-4-17(23)9-16/h2-6,9-10,18,21,27H,7-8,11-14H2,1H3,(H,26,29)/t18-,21+/m1/s1. The number of ether oxygens (including phenoxy) is 1. The molecule has 2 aromatic rings. The highest BCUT2D eigenvalue weighted by molar-refractivity contribution is 6.30. The van der Waals surface area contributed by atoms with Crippen molar-refractivity contribution in [3.8, 4) is 0 Å². The number of amides is 1. The molecule has 3 rings (SSSR count). The summed E-state index contributed by atoms with van der Waals surface area (Å²) in [5.74, 6) is -1.77. The zero-order valence-corrected chi connectivity index (χ0v) is 17.6. The fourth-order valence-corrected chi connectivity index (χ4v) is 3.89. The average molecular weight is 438 g/mol. The first-order valence-corrected chi connectivity index (χ1v) is 10.3. The number of carbonyl (C=O) groups excluding carboxylic acids is 1. The van der Waals surface area contributed by atoms with Crippen LogP contribution in [0.1, 0.15) is 17.5 Å². The molecule has 1 fully saturated rings. The van der Waals surface area contributed by atoms with Gasteiger partial charge in [-0.1, -0.05) is 29.8 Å². The molecule has 8 heteroatoms. The van der Waals surface area contributed by atoms with Gasteiger partial charge in [-0.3, -0.25) is 9.69 Å². The number of benzene rings is 2. The van der Waals surface area contributed by atoms with Crippen molar-refractivity contribution in [3.05, 3.63) is 70.2 Å². The van der Waals surface area contributed by atoms with Crippen LogP contribution in [0.4, 0.5) is 8.78 Å². The van der Waals surface area contributed by atoms with Gasteiger partial charge in [0.25, 0.3) is 0 Å². The summed E-state index contributed by atoms with van der Waals surface area (Å²) in [6, 6.07) is 11.2. The number of methoxy groups -OCH3 is 1. The van der Waals surface area contributed by atoms with Crippen LogP contribution >= 0.6 is 11.6 Å². The van der Waals surface area contributed by atoms with E-state index in [9.17, 15) is 13.6 Å². The zero-order valence-electron chi connectivity index (χ0n) is 16.8. The lowest BCUT2D eigenvalue weighted by atomic mass is 10.1. The minimum atomic E-state index is -0.862. The molecule has 5 nitrogen and oxygen atoms in total. The van der Waals surface area contributed by atoms with Gasteiger partial charge in [0.2, 0.25) is 5.91 Å². The van der Waals surface area contributed by atoms with Crippen LogP contribution < -0.4 is 10.6 Å². The van der Waals surface area contributed by atoms with Crippen LogP contribution in [0.3, 0.4) is 0 Å². The smallest absolute Gasteiger partial charge is 0.237 e. The van der Waals surface area contributed by atoms with Crippen LogP contribution in [0.5, 0.6) is 0 Å². The molecule has 1 aliphatic rings. The largest absolute Gasteiger partial charge is 0.383 e. The molecule has 2 aromatic carbocycles. The maximum atomic E-state index is 13.4. The Kier molecular flexibility index (Phi) is 8.16. The summed E-state index contributed by atoms with van der Waals surface area (Å²) in [4.78, 5) is 14.8. The molecule has 1 aliphatic heterocycles. The second-order valence-corrected chi connectivity index (χ2v) is 7.86. The second kappa shape index (κ2) is 10.8. The number of likely N-dealkylation sites (tertiary alicyclic amines) is 1. The lowest BCUT2D eigenvalue weighted by Gasteiger charge is -2.23. The van der Waals surface area contributed by atoms with Crippen LogP contribution in [0.2, 0.25) is 5.02 Å². The fourth-order valence-electron chi connectivity index (χ4n) is 3.67. The van der Waals surface area contributed by atoms with E-state index in [4.69, 9.17) is 16.3 Å². The first kappa shape index (κ1) is 22.6. The average Bonchev–Trinajstić information content (AvgIpc) is 3.12. The molecule has 1 amide bonds. The fraction of sp³-hybridized carbons (Fsp3) is 0.409. The number of nitrogens with one attached hydrogen (secondary N) is 2. The minimum Gasteiger partial charge on any atom is -0.383 e. The van der Waals surface area contributed by atoms with Gasteiger partial charge in [-0.15, -0.1) is 0 Å². The monoisotopic (exact) mass is 437 g/mol. The summed E-state index contributed by atoms with van der Waals surface area (Å²) in [6.07, 6.45) is 0.614. The summed E-state index contributed by atoms with van der Waals surface area (Å²) in [6.45, 7) is 2.53. The zero-order chi connectivity index (χ0) is 21.5. The van der Waals surface area contributed by atoms with Gasteiger partial charge in [-0.05, 0) is 41.8 Å². The number of carbonyl (C=O) groups is 1. The molecule has 1 saturated heterocycles. The van der Waals surface area contributed by atoms with Gasteiger partial charge in [0, 0.05) is 44.4 Å². The predicted octanol–water partition coefficient (Wildman–Crippen LogP) is 3.11. The summed E-state index contributed by atoms with van der Waals surface area (Å²) < 4.78 is 31.6. The molecule has 0 unspecified atom stereocenters. The Morgan fingerprint density at radius 3 is 2.77 bits per heavy atom. The summed E-state index contributed by atoms with van der Waals surface area (Å²) >= 11 is 6.10. The van der Waals surface area contributed by atoms with Gasteiger partial charge in [-0.25, -0.2) is 8.78 Å². The van der Waals surface area contributed by atoms with Gasteiger partial charge in [0.1, 0.15) is 0 Å². The number of hydrogen-bond donors (Lipinski definition) is 2. The molecular weight excluding hydrogens is 412 g/mol. The lowest BCUT2D eigenvalue weighted by Crippen LogP contribution is -2.43. The van der Waals surface area contributed by atoms with Gasteiger partial charge in [0.15, 0.2) is 11.6 Å². The van der Waals surface area contributed by atoms with Crippen molar-refractivity contribution in [3.63, 3.8) is 0 Å². The molecule has 1 heterocycles. The van der Waals surface area contributed by atoms with Gasteiger partial charge in [0.05, 0.1) is 12.6 Å². The molecule has 0 saturated carbocycles. The quantitative estimate of drug-likeness (QED) is 0.592. The Labute approximate surface area is 180 Å². The van der Waals surface area contributed by atoms with E-state index in [2.05, 4.69) is 15.5 Å². The van der Waals surface area contributed by atoms with Crippen molar-refractivity contribution >= 4 is 17.5 Å². The Balaban J connectivity index is 1.65. The van der Waals surface area contributed by atoms with E-state index in [1.165, 1.54) is 6.07 Å². The molecule has 0 bridgehead atoms. The topological polar surface area (TPSA) is 53.6 Å². The number of halogens is 3. The Morgan fingerprint density at radius 1 is 1.20 bits per heavy atom. The molecule has 2 atom stereocenters. The van der Waals surface area contributed by atoms with E-state index in [0.717, 1.165) is 11.6 Å². The second-order valence-electron chi connectivity index (χ2n) is 7.42. The first-order chi connectivity index (χ1) is 14.5. The first-order valence-electron chi connectivity index (χ1n) is 9.88. The molecule has 0 aliphatic carbocycles. The third-order valence-electron chi connectivity index (χ3n) is 5.17. The number of nitrogens with zero attached hydrogens (tertiary/aromatic N) is 1. The highest BCUT2D eigenvalue weighted by Gasteiger charge is 2.36. The van der Waals surface area contributed by atoms with E-state index < -0.39 is 11.6 Å². The normalized spacial score (nSPS) is 19.2. The lowest BCUT2D eigenvalue weighted by molar-refractivity contribution is -0.125. The van der Waals surface area contributed by atoms with Crippen molar-refractivity contribution < 1.29 is 18.3 Å². The Bertz CT molecular complexity index is 868. The highest BCUT2D eigenvalue weighted by atomic mass is 35.5. The third-order valence-corrected chi connectivity index (χ3v) is 5.40. The van der Waals surface area contributed by atoms with Crippen molar-refractivity contribution in [2.24, 2.45) is 0 Å². The SMILES string of the molecule is COCCNC(=O)[C@@H]1C[C@@H](NCc2ccc(F)c(F)c2)CN1Cc1cccc(Cl)c1. The van der Waals surface area contributed by atoms with E-state index in [1.807, 2.05) is 24.3 Å². The van der Waals surface area contributed by atoms with Crippen molar-refractivity contribution in [2.75, 3.05) is 26.8 Å². The predicted molar refractivity (Wildman–Crippen MR) is 112 cm³/mol. The molecular formula is C22H26ClF2N3O2. The van der Waals surface area contributed by atoms with Gasteiger partial charge < -0.3 is 15.4 Å².